The maximum absolute atomic E-state index is 5.38. The lowest BCUT2D eigenvalue weighted by Crippen LogP contribution is -1.90. The smallest absolute Gasteiger partial charge is 0.292 e. The maximum Gasteiger partial charge on any atom is 0.292 e. The van der Waals surface area contributed by atoms with Gasteiger partial charge in [-0.2, -0.15) is 4.98 Å². The van der Waals surface area contributed by atoms with Gasteiger partial charge in [-0.3, -0.25) is 0 Å². The van der Waals surface area contributed by atoms with Crippen molar-refractivity contribution in [3.05, 3.63) is 41.8 Å². The number of nitrogen functional groups attached to an aromatic ring is 1. The molecule has 4 nitrogen and oxygen atoms in total. The van der Waals surface area contributed by atoms with E-state index in [9.17, 15) is 0 Å². The summed E-state index contributed by atoms with van der Waals surface area (Å²) in [7, 11) is 1.65. The molecule has 1 heterocycles. The molecule has 1 aromatic carbocycles. The number of anilines is 1. The molecule has 0 aliphatic heterocycles. The summed E-state index contributed by atoms with van der Waals surface area (Å²) >= 11 is 0. The zero-order valence-corrected chi connectivity index (χ0v) is 8.43. The largest absolute Gasteiger partial charge is 0.497 e. The van der Waals surface area contributed by atoms with E-state index in [1.807, 2.05) is 24.3 Å². The van der Waals surface area contributed by atoms with E-state index in [4.69, 9.17) is 14.9 Å². The van der Waals surface area contributed by atoms with Gasteiger partial charge in [-0.1, -0.05) is 12.1 Å². The highest BCUT2D eigenvalue weighted by atomic mass is 16.5. The molecule has 2 rings (SSSR count). The summed E-state index contributed by atoms with van der Waals surface area (Å²) in [5.74, 6) is 0.846. The van der Waals surface area contributed by atoms with E-state index in [0.717, 1.165) is 17.0 Å². The van der Waals surface area contributed by atoms with E-state index in [2.05, 4.69) is 4.98 Å². The van der Waals surface area contributed by atoms with Gasteiger partial charge in [0.15, 0.2) is 0 Å². The van der Waals surface area contributed by atoms with Crippen molar-refractivity contribution in [2.24, 2.45) is 0 Å². The molecular formula is C11H12N2O2. The van der Waals surface area contributed by atoms with Crippen LogP contribution in [0.3, 0.4) is 0 Å². The summed E-state index contributed by atoms with van der Waals surface area (Å²) in [6, 6.07) is 8.02. The van der Waals surface area contributed by atoms with Crippen molar-refractivity contribution in [2.75, 3.05) is 12.8 Å². The Morgan fingerprint density at radius 2 is 2.07 bits per heavy atom. The van der Waals surface area contributed by atoms with E-state index in [0.29, 0.717) is 6.42 Å². The van der Waals surface area contributed by atoms with Crippen LogP contribution in [0.1, 0.15) is 11.3 Å². The third-order valence-corrected chi connectivity index (χ3v) is 2.11. The molecule has 0 aliphatic rings. The lowest BCUT2D eigenvalue weighted by molar-refractivity contribution is 0.414. The highest BCUT2D eigenvalue weighted by Gasteiger charge is 2.02. The molecule has 0 saturated heterocycles. The monoisotopic (exact) mass is 204 g/mol. The summed E-state index contributed by atoms with van der Waals surface area (Å²) < 4.78 is 9.99. The predicted molar refractivity (Wildman–Crippen MR) is 56.7 cm³/mol. The Bertz CT molecular complexity index is 434. The van der Waals surface area contributed by atoms with Crippen molar-refractivity contribution in [3.63, 3.8) is 0 Å². The summed E-state index contributed by atoms with van der Waals surface area (Å²) in [5, 5.41) is 0. The Morgan fingerprint density at radius 3 is 2.60 bits per heavy atom. The number of oxazole rings is 1. The highest BCUT2D eigenvalue weighted by molar-refractivity contribution is 5.29. The van der Waals surface area contributed by atoms with E-state index in [1.54, 1.807) is 13.4 Å². The molecule has 0 amide bonds. The van der Waals surface area contributed by atoms with E-state index < -0.39 is 0 Å². The van der Waals surface area contributed by atoms with Crippen molar-refractivity contribution >= 4 is 6.01 Å². The van der Waals surface area contributed by atoms with E-state index in [-0.39, 0.29) is 6.01 Å². The molecule has 4 heteroatoms. The summed E-state index contributed by atoms with van der Waals surface area (Å²) in [5.41, 5.74) is 7.35. The third-order valence-electron chi connectivity index (χ3n) is 2.11. The lowest BCUT2D eigenvalue weighted by atomic mass is 10.1. The minimum atomic E-state index is 0.207. The minimum absolute atomic E-state index is 0.207. The molecule has 2 N–H and O–H groups in total. The normalized spacial score (nSPS) is 10.2. The predicted octanol–water partition coefficient (Wildman–Crippen LogP) is 1.86. The fraction of sp³-hybridized carbons (Fsp3) is 0.182. The van der Waals surface area contributed by atoms with Gasteiger partial charge in [-0.25, -0.2) is 0 Å². The van der Waals surface area contributed by atoms with Gasteiger partial charge in [0.05, 0.1) is 12.8 Å². The second-order valence-corrected chi connectivity index (χ2v) is 3.20. The average Bonchev–Trinajstić information content (AvgIpc) is 2.65. The Kier molecular flexibility index (Phi) is 2.58. The van der Waals surface area contributed by atoms with Crippen LogP contribution in [-0.2, 0) is 6.42 Å². The van der Waals surface area contributed by atoms with Gasteiger partial charge in [-0.15, -0.1) is 0 Å². The number of nitrogens with zero attached hydrogens (tertiary/aromatic N) is 1. The number of hydrogen-bond acceptors (Lipinski definition) is 4. The average molecular weight is 204 g/mol. The number of ether oxygens (including phenoxy) is 1. The molecule has 1 aromatic heterocycles. The standard InChI is InChI=1S/C11H12N2O2/c1-14-10-4-2-8(3-5-10)6-9-7-15-11(12)13-9/h2-5,7H,6H2,1H3,(H2,12,13). The van der Waals surface area contributed by atoms with Crippen molar-refractivity contribution in [2.45, 2.75) is 6.42 Å². The van der Waals surface area contributed by atoms with Crippen LogP contribution in [-0.4, -0.2) is 12.1 Å². The van der Waals surface area contributed by atoms with Crippen LogP contribution in [0.5, 0.6) is 5.75 Å². The van der Waals surface area contributed by atoms with Gasteiger partial charge in [0.2, 0.25) is 0 Å². The fourth-order valence-corrected chi connectivity index (χ4v) is 1.36. The number of methoxy groups -OCH3 is 1. The van der Waals surface area contributed by atoms with Crippen molar-refractivity contribution < 1.29 is 9.15 Å². The van der Waals surface area contributed by atoms with Gasteiger partial charge in [0, 0.05) is 6.42 Å². The lowest BCUT2D eigenvalue weighted by Gasteiger charge is -2.00. The molecule has 0 atom stereocenters. The number of aromatic nitrogens is 1. The minimum Gasteiger partial charge on any atom is -0.497 e. The molecule has 78 valence electrons. The second-order valence-electron chi connectivity index (χ2n) is 3.20. The Labute approximate surface area is 87.7 Å². The first-order valence-electron chi connectivity index (χ1n) is 4.61. The molecule has 0 spiro atoms. The summed E-state index contributed by atoms with van der Waals surface area (Å²) in [6.45, 7) is 0. The number of hydrogen-bond donors (Lipinski definition) is 1. The number of benzene rings is 1. The van der Waals surface area contributed by atoms with Crippen LogP contribution in [0.15, 0.2) is 34.9 Å². The molecule has 0 unspecified atom stereocenters. The first-order chi connectivity index (χ1) is 7.28. The molecule has 0 fully saturated rings. The Morgan fingerprint density at radius 1 is 1.33 bits per heavy atom. The summed E-state index contributed by atoms with van der Waals surface area (Å²) in [4.78, 5) is 4.03. The highest BCUT2D eigenvalue weighted by Crippen LogP contribution is 2.14. The van der Waals surface area contributed by atoms with Crippen molar-refractivity contribution in [3.8, 4) is 5.75 Å². The summed E-state index contributed by atoms with van der Waals surface area (Å²) in [6.07, 6.45) is 2.28. The molecule has 15 heavy (non-hydrogen) atoms. The second kappa shape index (κ2) is 4.04. The van der Waals surface area contributed by atoms with Crippen LogP contribution >= 0.6 is 0 Å². The maximum atomic E-state index is 5.38. The van der Waals surface area contributed by atoms with Crippen LogP contribution in [0, 0.1) is 0 Å². The van der Waals surface area contributed by atoms with Crippen LogP contribution in [0.4, 0.5) is 6.01 Å². The SMILES string of the molecule is COc1ccc(Cc2coc(N)n2)cc1. The number of nitrogens with two attached hydrogens (primary N) is 1. The van der Waals surface area contributed by atoms with E-state index in [1.165, 1.54) is 0 Å². The molecular weight excluding hydrogens is 192 g/mol. The first-order valence-corrected chi connectivity index (χ1v) is 4.61. The van der Waals surface area contributed by atoms with Crippen LogP contribution < -0.4 is 10.5 Å². The van der Waals surface area contributed by atoms with Crippen molar-refractivity contribution in [1.29, 1.82) is 0 Å². The van der Waals surface area contributed by atoms with Gasteiger partial charge >= 0.3 is 0 Å². The van der Waals surface area contributed by atoms with Crippen molar-refractivity contribution in [1.82, 2.24) is 4.98 Å². The van der Waals surface area contributed by atoms with Gasteiger partial charge in [0.25, 0.3) is 6.01 Å². The zero-order valence-electron chi connectivity index (χ0n) is 8.43. The fourth-order valence-electron chi connectivity index (χ4n) is 1.36. The zero-order chi connectivity index (χ0) is 10.7. The quantitative estimate of drug-likeness (QED) is 0.828. The van der Waals surface area contributed by atoms with E-state index >= 15 is 0 Å². The van der Waals surface area contributed by atoms with Gasteiger partial charge < -0.3 is 14.9 Å². The Balaban J connectivity index is 2.11. The molecule has 0 aliphatic carbocycles. The van der Waals surface area contributed by atoms with Crippen LogP contribution in [0.25, 0.3) is 0 Å². The van der Waals surface area contributed by atoms with Crippen LogP contribution in [0.2, 0.25) is 0 Å². The van der Waals surface area contributed by atoms with Gasteiger partial charge in [-0.05, 0) is 17.7 Å². The molecule has 0 bridgehead atoms. The first kappa shape index (κ1) is 9.58. The molecule has 0 radical (unpaired) electrons. The third kappa shape index (κ3) is 2.28. The topological polar surface area (TPSA) is 61.3 Å². The molecule has 0 saturated carbocycles. The van der Waals surface area contributed by atoms with Gasteiger partial charge in [0.1, 0.15) is 12.0 Å². The Hall–Kier alpha value is -1.97. The molecule has 2 aromatic rings. The number of rotatable bonds is 3.